The van der Waals surface area contributed by atoms with Crippen molar-refractivity contribution in [1.29, 1.82) is 0 Å². The molecule has 0 amide bonds. The number of aromatic nitrogens is 2. The van der Waals surface area contributed by atoms with Crippen LogP contribution in [0.1, 0.15) is 35.7 Å². The maximum Gasteiger partial charge on any atom is 0.134 e. The van der Waals surface area contributed by atoms with Crippen LogP contribution < -0.4 is 5.73 Å². The summed E-state index contributed by atoms with van der Waals surface area (Å²) in [4.78, 5) is 8.97. The van der Waals surface area contributed by atoms with Crippen LogP contribution in [-0.2, 0) is 0 Å². The van der Waals surface area contributed by atoms with Gasteiger partial charge in [0.1, 0.15) is 11.6 Å². The number of rotatable bonds is 2. The van der Waals surface area contributed by atoms with Gasteiger partial charge in [-0.05, 0) is 43.9 Å². The smallest absolute Gasteiger partial charge is 0.134 e. The van der Waals surface area contributed by atoms with Crippen LogP contribution in [0, 0.1) is 13.8 Å². The zero-order valence-corrected chi connectivity index (χ0v) is 10.8. The van der Waals surface area contributed by atoms with Gasteiger partial charge < -0.3 is 5.73 Å². The van der Waals surface area contributed by atoms with Gasteiger partial charge in [0, 0.05) is 17.5 Å². The third-order valence-electron chi connectivity index (χ3n) is 3.51. The SMILES string of the molecule is Cc1ccc(-c2cc(N)nc(C3CC3)n2)cc1C. The molecule has 1 fully saturated rings. The number of hydrogen-bond acceptors (Lipinski definition) is 3. The Labute approximate surface area is 107 Å². The van der Waals surface area contributed by atoms with Crippen LogP contribution in [0.15, 0.2) is 24.3 Å². The van der Waals surface area contributed by atoms with Crippen molar-refractivity contribution in [2.24, 2.45) is 0 Å². The molecule has 0 spiro atoms. The van der Waals surface area contributed by atoms with Gasteiger partial charge >= 0.3 is 0 Å². The van der Waals surface area contributed by atoms with Crippen molar-refractivity contribution < 1.29 is 0 Å². The van der Waals surface area contributed by atoms with E-state index in [9.17, 15) is 0 Å². The molecule has 1 aliphatic carbocycles. The summed E-state index contributed by atoms with van der Waals surface area (Å²) in [5, 5.41) is 0. The van der Waals surface area contributed by atoms with Crippen LogP contribution in [0.2, 0.25) is 0 Å². The predicted octanol–water partition coefficient (Wildman–Crippen LogP) is 3.22. The molecule has 1 aliphatic rings. The first-order valence-electron chi connectivity index (χ1n) is 6.35. The number of nitrogen functional groups attached to an aromatic ring is 1. The van der Waals surface area contributed by atoms with E-state index in [1.807, 2.05) is 6.07 Å². The fraction of sp³-hybridized carbons (Fsp3) is 0.333. The van der Waals surface area contributed by atoms with Gasteiger partial charge in [0.15, 0.2) is 0 Å². The van der Waals surface area contributed by atoms with Crippen LogP contribution in [0.3, 0.4) is 0 Å². The van der Waals surface area contributed by atoms with Gasteiger partial charge in [-0.1, -0.05) is 12.1 Å². The van der Waals surface area contributed by atoms with Crippen molar-refractivity contribution in [3.63, 3.8) is 0 Å². The second-order valence-corrected chi connectivity index (χ2v) is 5.11. The lowest BCUT2D eigenvalue weighted by atomic mass is 10.0. The standard InChI is InChI=1S/C15H17N3/c1-9-3-4-12(7-10(9)2)13-8-14(16)18-15(17-13)11-5-6-11/h3-4,7-8,11H,5-6H2,1-2H3,(H2,16,17,18). The maximum atomic E-state index is 5.88. The van der Waals surface area contributed by atoms with E-state index in [0.29, 0.717) is 11.7 Å². The van der Waals surface area contributed by atoms with Crippen molar-refractivity contribution in [1.82, 2.24) is 9.97 Å². The van der Waals surface area contributed by atoms with E-state index in [-0.39, 0.29) is 0 Å². The number of benzene rings is 1. The minimum absolute atomic E-state index is 0.527. The van der Waals surface area contributed by atoms with E-state index in [4.69, 9.17) is 5.73 Å². The average molecular weight is 239 g/mol. The Bertz CT molecular complexity index is 601. The molecule has 0 atom stereocenters. The number of hydrogen-bond donors (Lipinski definition) is 1. The molecule has 1 heterocycles. The van der Waals surface area contributed by atoms with Gasteiger partial charge in [0.05, 0.1) is 5.69 Å². The topological polar surface area (TPSA) is 51.8 Å². The highest BCUT2D eigenvalue weighted by atomic mass is 15.0. The molecule has 92 valence electrons. The molecule has 3 heteroatoms. The Morgan fingerprint density at radius 2 is 1.83 bits per heavy atom. The Hall–Kier alpha value is -1.90. The van der Waals surface area contributed by atoms with Crippen molar-refractivity contribution in [3.05, 3.63) is 41.2 Å². The van der Waals surface area contributed by atoms with Crippen molar-refractivity contribution in [2.75, 3.05) is 5.73 Å². The first kappa shape index (κ1) is 11.2. The molecule has 2 N–H and O–H groups in total. The number of nitrogens with two attached hydrogens (primary N) is 1. The van der Waals surface area contributed by atoms with E-state index in [1.54, 1.807) is 0 Å². The van der Waals surface area contributed by atoms with Gasteiger partial charge in [0.2, 0.25) is 0 Å². The van der Waals surface area contributed by atoms with Crippen LogP contribution in [0.25, 0.3) is 11.3 Å². The fourth-order valence-corrected chi connectivity index (χ4v) is 2.06. The highest BCUT2D eigenvalue weighted by Crippen LogP contribution is 2.39. The summed E-state index contributed by atoms with van der Waals surface area (Å²) in [7, 11) is 0. The molecule has 0 aliphatic heterocycles. The van der Waals surface area contributed by atoms with Gasteiger partial charge in [-0.15, -0.1) is 0 Å². The molecule has 3 nitrogen and oxygen atoms in total. The zero-order valence-electron chi connectivity index (χ0n) is 10.8. The zero-order chi connectivity index (χ0) is 12.7. The maximum absolute atomic E-state index is 5.88. The van der Waals surface area contributed by atoms with Gasteiger partial charge in [-0.25, -0.2) is 9.97 Å². The lowest BCUT2D eigenvalue weighted by molar-refractivity contribution is 0.936. The van der Waals surface area contributed by atoms with Crippen LogP contribution in [0.4, 0.5) is 5.82 Å². The second-order valence-electron chi connectivity index (χ2n) is 5.11. The van der Waals surface area contributed by atoms with Crippen LogP contribution in [-0.4, -0.2) is 9.97 Å². The van der Waals surface area contributed by atoms with E-state index in [0.717, 1.165) is 17.1 Å². The molecule has 0 bridgehead atoms. The molecule has 1 saturated carbocycles. The lowest BCUT2D eigenvalue weighted by Crippen LogP contribution is -2.00. The molecule has 18 heavy (non-hydrogen) atoms. The summed E-state index contributed by atoms with van der Waals surface area (Å²) >= 11 is 0. The third kappa shape index (κ3) is 2.08. The summed E-state index contributed by atoms with van der Waals surface area (Å²) in [6.45, 7) is 4.23. The van der Waals surface area contributed by atoms with E-state index in [2.05, 4.69) is 42.0 Å². The molecular formula is C15H17N3. The molecule has 3 rings (SSSR count). The predicted molar refractivity (Wildman–Crippen MR) is 73.3 cm³/mol. The third-order valence-corrected chi connectivity index (χ3v) is 3.51. The number of anilines is 1. The highest BCUT2D eigenvalue weighted by Gasteiger charge is 2.27. The normalized spacial score (nSPS) is 14.8. The van der Waals surface area contributed by atoms with Crippen molar-refractivity contribution in [3.8, 4) is 11.3 Å². The van der Waals surface area contributed by atoms with Gasteiger partial charge in [-0.2, -0.15) is 0 Å². The summed E-state index contributed by atoms with van der Waals surface area (Å²) in [5.74, 6) is 2.00. The van der Waals surface area contributed by atoms with Gasteiger partial charge in [0.25, 0.3) is 0 Å². The average Bonchev–Trinajstić information content (AvgIpc) is 3.16. The Balaban J connectivity index is 2.07. The van der Waals surface area contributed by atoms with Crippen LogP contribution >= 0.6 is 0 Å². The van der Waals surface area contributed by atoms with Crippen molar-refractivity contribution in [2.45, 2.75) is 32.6 Å². The minimum atomic E-state index is 0.527. The number of nitrogens with zero attached hydrogens (tertiary/aromatic N) is 2. The molecule has 0 unspecified atom stereocenters. The number of aryl methyl sites for hydroxylation is 2. The molecule has 1 aromatic carbocycles. The molecule has 2 aromatic rings. The summed E-state index contributed by atoms with van der Waals surface area (Å²) < 4.78 is 0. The monoisotopic (exact) mass is 239 g/mol. The second kappa shape index (κ2) is 4.09. The fourth-order valence-electron chi connectivity index (χ4n) is 2.06. The summed E-state index contributed by atoms with van der Waals surface area (Å²) in [6.07, 6.45) is 2.38. The highest BCUT2D eigenvalue weighted by molar-refractivity contribution is 5.63. The van der Waals surface area contributed by atoms with E-state index >= 15 is 0 Å². The Kier molecular flexibility index (Phi) is 2.54. The summed E-state index contributed by atoms with van der Waals surface area (Å²) in [6, 6.07) is 8.24. The largest absolute Gasteiger partial charge is 0.384 e. The van der Waals surface area contributed by atoms with Crippen molar-refractivity contribution >= 4 is 5.82 Å². The summed E-state index contributed by atoms with van der Waals surface area (Å²) in [5.41, 5.74) is 10.5. The van der Waals surface area contributed by atoms with E-state index < -0.39 is 0 Å². The first-order valence-corrected chi connectivity index (χ1v) is 6.35. The first-order chi connectivity index (χ1) is 8.63. The van der Waals surface area contributed by atoms with Crippen LogP contribution in [0.5, 0.6) is 0 Å². The minimum Gasteiger partial charge on any atom is -0.384 e. The molecular weight excluding hydrogens is 222 g/mol. The van der Waals surface area contributed by atoms with E-state index in [1.165, 1.54) is 24.0 Å². The molecule has 0 radical (unpaired) electrons. The molecule has 0 saturated heterocycles. The quantitative estimate of drug-likeness (QED) is 0.875. The lowest BCUT2D eigenvalue weighted by Gasteiger charge is -2.07. The molecule has 1 aromatic heterocycles. The Morgan fingerprint density at radius 3 is 2.50 bits per heavy atom. The Morgan fingerprint density at radius 1 is 1.06 bits per heavy atom. The van der Waals surface area contributed by atoms with Gasteiger partial charge in [-0.3, -0.25) is 0 Å².